The van der Waals surface area contributed by atoms with Crippen LogP contribution in [0.15, 0.2) is 63.0 Å². The summed E-state index contributed by atoms with van der Waals surface area (Å²) < 4.78 is 17.2. The van der Waals surface area contributed by atoms with Gasteiger partial charge >= 0.3 is 6.03 Å². The average Bonchev–Trinajstić information content (AvgIpc) is 3.25. The molecule has 0 saturated carbocycles. The first-order valence-electron chi connectivity index (χ1n) is 9.82. The minimum atomic E-state index is -0.880. The lowest BCUT2D eigenvalue weighted by molar-refractivity contribution is -0.122. The highest BCUT2D eigenvalue weighted by atomic mass is 79.9. The van der Waals surface area contributed by atoms with Crippen molar-refractivity contribution in [1.29, 1.82) is 0 Å². The van der Waals surface area contributed by atoms with Crippen LogP contribution in [0.3, 0.4) is 0 Å². The summed E-state index contributed by atoms with van der Waals surface area (Å²) in [6.07, 6.45) is 1.30. The van der Waals surface area contributed by atoms with Crippen LogP contribution >= 0.6 is 15.9 Å². The zero-order chi connectivity index (χ0) is 23.7. The lowest BCUT2D eigenvalue weighted by Crippen LogP contribution is -2.54. The number of anilines is 1. The van der Waals surface area contributed by atoms with Gasteiger partial charge in [0.2, 0.25) is 0 Å². The van der Waals surface area contributed by atoms with E-state index < -0.39 is 17.8 Å². The molecule has 0 unspecified atom stereocenters. The molecular formula is C24H19BrN2O6. The molecule has 0 atom stereocenters. The number of urea groups is 1. The Balaban J connectivity index is 1.70. The lowest BCUT2D eigenvalue weighted by Gasteiger charge is -2.27. The monoisotopic (exact) mass is 510 g/mol. The number of nitrogens with zero attached hydrogens (tertiary/aromatic N) is 1. The van der Waals surface area contributed by atoms with Crippen LogP contribution in [0.25, 0.3) is 17.4 Å². The number of benzene rings is 2. The molecule has 1 aromatic heterocycles. The van der Waals surface area contributed by atoms with Gasteiger partial charge in [0.15, 0.2) is 0 Å². The molecule has 0 spiro atoms. The highest BCUT2D eigenvalue weighted by Gasteiger charge is 2.38. The Labute approximate surface area is 197 Å². The maximum Gasteiger partial charge on any atom is 0.336 e. The topological polar surface area (TPSA) is 98.1 Å². The van der Waals surface area contributed by atoms with Crippen molar-refractivity contribution in [2.45, 2.75) is 6.92 Å². The Morgan fingerprint density at radius 3 is 2.48 bits per heavy atom. The summed E-state index contributed by atoms with van der Waals surface area (Å²) in [5.41, 5.74) is 1.83. The fourth-order valence-electron chi connectivity index (χ4n) is 3.38. The minimum Gasteiger partial charge on any atom is -0.497 e. The van der Waals surface area contributed by atoms with Crippen molar-refractivity contribution < 1.29 is 28.3 Å². The second-order valence-corrected chi connectivity index (χ2v) is 8.04. The summed E-state index contributed by atoms with van der Waals surface area (Å²) in [5.74, 6) is -0.0623. The number of nitrogens with one attached hydrogen (secondary N) is 1. The third-order valence-corrected chi connectivity index (χ3v) is 5.69. The summed E-state index contributed by atoms with van der Waals surface area (Å²) >= 11 is 3.52. The van der Waals surface area contributed by atoms with E-state index in [1.807, 2.05) is 25.1 Å². The first-order valence-corrected chi connectivity index (χ1v) is 10.6. The quantitative estimate of drug-likeness (QED) is 0.394. The fourth-order valence-corrected chi connectivity index (χ4v) is 4.07. The molecule has 1 N–H and O–H groups in total. The largest absolute Gasteiger partial charge is 0.497 e. The first kappa shape index (κ1) is 22.3. The van der Waals surface area contributed by atoms with Gasteiger partial charge in [-0.3, -0.25) is 14.9 Å². The summed E-state index contributed by atoms with van der Waals surface area (Å²) in [7, 11) is 2.89. The Morgan fingerprint density at radius 2 is 1.79 bits per heavy atom. The highest BCUT2D eigenvalue weighted by Crippen LogP contribution is 2.35. The second-order valence-electron chi connectivity index (χ2n) is 7.18. The van der Waals surface area contributed by atoms with Crippen LogP contribution < -0.4 is 19.7 Å². The molecule has 0 aliphatic carbocycles. The van der Waals surface area contributed by atoms with Gasteiger partial charge < -0.3 is 13.9 Å². The number of furan rings is 1. The summed E-state index contributed by atoms with van der Waals surface area (Å²) in [4.78, 5) is 39.0. The van der Waals surface area contributed by atoms with E-state index in [1.165, 1.54) is 32.4 Å². The smallest absolute Gasteiger partial charge is 0.336 e. The molecule has 1 fully saturated rings. The Morgan fingerprint density at radius 1 is 1.00 bits per heavy atom. The number of carbonyl (C=O) groups is 3. The molecular weight excluding hydrogens is 492 g/mol. The van der Waals surface area contributed by atoms with Crippen LogP contribution in [-0.2, 0) is 9.59 Å². The number of amides is 4. The normalized spacial score (nSPS) is 15.1. The fraction of sp³-hybridized carbons (Fsp3) is 0.125. The molecule has 8 nitrogen and oxygen atoms in total. The molecule has 168 valence electrons. The number of ether oxygens (including phenoxy) is 2. The predicted octanol–water partition coefficient (Wildman–Crippen LogP) is 4.70. The van der Waals surface area contributed by atoms with Crippen molar-refractivity contribution in [3.63, 3.8) is 0 Å². The van der Waals surface area contributed by atoms with Crippen molar-refractivity contribution in [2.24, 2.45) is 0 Å². The molecule has 1 saturated heterocycles. The third-order valence-electron chi connectivity index (χ3n) is 5.03. The molecule has 1 aliphatic heterocycles. The van der Waals surface area contributed by atoms with E-state index in [1.54, 1.807) is 18.2 Å². The number of imide groups is 2. The van der Waals surface area contributed by atoms with Gasteiger partial charge in [-0.2, -0.15) is 0 Å². The van der Waals surface area contributed by atoms with Crippen LogP contribution in [0.1, 0.15) is 11.3 Å². The zero-order valence-electron chi connectivity index (χ0n) is 18.0. The van der Waals surface area contributed by atoms with Gasteiger partial charge in [0.1, 0.15) is 28.6 Å². The molecule has 2 aromatic carbocycles. The first-order chi connectivity index (χ1) is 15.8. The third kappa shape index (κ3) is 4.27. The van der Waals surface area contributed by atoms with E-state index in [-0.39, 0.29) is 22.8 Å². The summed E-state index contributed by atoms with van der Waals surface area (Å²) in [6.45, 7) is 1.98. The Hall–Kier alpha value is -3.85. The number of barbiturate groups is 1. The van der Waals surface area contributed by atoms with E-state index in [9.17, 15) is 14.4 Å². The zero-order valence-corrected chi connectivity index (χ0v) is 19.6. The molecule has 0 bridgehead atoms. The molecule has 4 rings (SSSR count). The SMILES string of the molecule is COc1ccc(N2C(=O)NC(=O)/C(=C\c3ccc(-c4ccc(C)cc4Br)o3)C2=O)c(OC)c1. The molecule has 0 radical (unpaired) electrons. The van der Waals surface area contributed by atoms with Crippen molar-refractivity contribution in [1.82, 2.24) is 5.32 Å². The second kappa shape index (κ2) is 8.95. The van der Waals surface area contributed by atoms with Crippen molar-refractivity contribution >= 4 is 45.5 Å². The van der Waals surface area contributed by atoms with Crippen LogP contribution in [0.5, 0.6) is 11.5 Å². The van der Waals surface area contributed by atoms with Crippen LogP contribution in [0.2, 0.25) is 0 Å². The van der Waals surface area contributed by atoms with Gasteiger partial charge in [0.25, 0.3) is 11.8 Å². The maximum atomic E-state index is 13.2. The van der Waals surface area contributed by atoms with Crippen molar-refractivity contribution in [3.05, 3.63) is 69.9 Å². The van der Waals surface area contributed by atoms with E-state index in [0.29, 0.717) is 11.5 Å². The number of halogens is 1. The Bertz CT molecular complexity index is 1310. The predicted molar refractivity (Wildman–Crippen MR) is 125 cm³/mol. The standard InChI is InChI=1S/C24H19BrN2O6/c1-13-4-7-16(18(25)10-13)20-9-6-15(33-20)11-17-22(28)26-24(30)27(23(17)29)19-8-5-14(31-2)12-21(19)32-3/h4-12H,1-3H3,(H,26,28,30)/b17-11+. The van der Waals surface area contributed by atoms with Gasteiger partial charge in [0.05, 0.1) is 19.9 Å². The van der Waals surface area contributed by atoms with Crippen molar-refractivity contribution in [3.8, 4) is 22.8 Å². The average molecular weight is 511 g/mol. The maximum absolute atomic E-state index is 13.2. The molecule has 33 heavy (non-hydrogen) atoms. The number of hydrogen-bond acceptors (Lipinski definition) is 6. The van der Waals surface area contributed by atoms with E-state index in [2.05, 4.69) is 21.2 Å². The highest BCUT2D eigenvalue weighted by molar-refractivity contribution is 9.10. The molecule has 9 heteroatoms. The number of rotatable bonds is 5. The lowest BCUT2D eigenvalue weighted by atomic mass is 10.1. The molecule has 2 heterocycles. The van der Waals surface area contributed by atoms with E-state index in [0.717, 1.165) is 20.5 Å². The summed E-state index contributed by atoms with van der Waals surface area (Å²) in [6, 6.07) is 12.9. The Kier molecular flexibility index (Phi) is 6.06. The number of hydrogen-bond donors (Lipinski definition) is 1. The van der Waals surface area contributed by atoms with E-state index >= 15 is 0 Å². The molecule has 3 aromatic rings. The van der Waals surface area contributed by atoms with Gasteiger partial charge in [-0.25, -0.2) is 9.69 Å². The van der Waals surface area contributed by atoms with Gasteiger partial charge in [0, 0.05) is 16.1 Å². The minimum absolute atomic E-state index is 0.169. The number of carbonyl (C=O) groups excluding carboxylic acids is 3. The number of methoxy groups -OCH3 is 2. The van der Waals surface area contributed by atoms with Gasteiger partial charge in [-0.05, 0) is 55.0 Å². The van der Waals surface area contributed by atoms with Crippen LogP contribution in [0, 0.1) is 6.92 Å². The molecule has 4 amide bonds. The number of aryl methyl sites for hydroxylation is 1. The molecule has 1 aliphatic rings. The van der Waals surface area contributed by atoms with Crippen molar-refractivity contribution in [2.75, 3.05) is 19.1 Å². The van der Waals surface area contributed by atoms with Gasteiger partial charge in [-0.15, -0.1) is 0 Å². The van der Waals surface area contributed by atoms with Crippen LogP contribution in [-0.4, -0.2) is 32.1 Å². The van der Waals surface area contributed by atoms with E-state index in [4.69, 9.17) is 13.9 Å². The summed E-state index contributed by atoms with van der Waals surface area (Å²) in [5, 5.41) is 2.19. The van der Waals surface area contributed by atoms with Crippen LogP contribution in [0.4, 0.5) is 10.5 Å². The van der Waals surface area contributed by atoms with Gasteiger partial charge in [-0.1, -0.05) is 22.0 Å².